The standard InChI is InChI=1S/C21H22N6/c1-14-5-6-18-17(12-25-26-18)16(14)11-19-20-15(7-8-22-19)21(24-13-23-20)27-9-3-2-4-10-27/h5-8,12-13H,2-4,9-11H2,1H3,(H,25,26). The average Bonchev–Trinajstić information content (AvgIpc) is 3.19. The van der Waals surface area contributed by atoms with Gasteiger partial charge in [-0.05, 0) is 49.4 Å². The molecule has 5 rings (SSSR count). The Morgan fingerprint density at radius 2 is 1.89 bits per heavy atom. The number of fused-ring (bicyclic) bond motifs is 2. The van der Waals surface area contributed by atoms with Crippen LogP contribution in [0.1, 0.15) is 36.1 Å². The van der Waals surface area contributed by atoms with Crippen LogP contribution in [0.3, 0.4) is 0 Å². The smallest absolute Gasteiger partial charge is 0.140 e. The third kappa shape index (κ3) is 2.81. The minimum atomic E-state index is 0.733. The molecule has 136 valence electrons. The summed E-state index contributed by atoms with van der Waals surface area (Å²) in [5, 5.41) is 9.51. The number of aromatic nitrogens is 5. The number of hydrogen-bond acceptors (Lipinski definition) is 5. The Morgan fingerprint density at radius 1 is 1.00 bits per heavy atom. The number of anilines is 1. The molecule has 0 atom stereocenters. The van der Waals surface area contributed by atoms with Gasteiger partial charge in [0.05, 0.1) is 22.9 Å². The van der Waals surface area contributed by atoms with Crippen molar-refractivity contribution in [3.63, 3.8) is 0 Å². The molecule has 1 N–H and O–H groups in total. The predicted octanol–water partition coefficient (Wildman–Crippen LogP) is 3.79. The molecule has 1 aliphatic heterocycles. The molecule has 27 heavy (non-hydrogen) atoms. The summed E-state index contributed by atoms with van der Waals surface area (Å²) < 4.78 is 0. The van der Waals surface area contributed by atoms with Crippen molar-refractivity contribution in [2.75, 3.05) is 18.0 Å². The zero-order chi connectivity index (χ0) is 18.2. The molecule has 0 saturated carbocycles. The topological polar surface area (TPSA) is 70.6 Å². The van der Waals surface area contributed by atoms with E-state index in [1.807, 2.05) is 18.5 Å². The third-order valence-electron chi connectivity index (χ3n) is 5.58. The summed E-state index contributed by atoms with van der Waals surface area (Å²) in [6.07, 6.45) is 9.96. The van der Waals surface area contributed by atoms with Gasteiger partial charge in [0.2, 0.25) is 0 Å². The lowest BCUT2D eigenvalue weighted by Crippen LogP contribution is -2.30. The van der Waals surface area contributed by atoms with E-state index < -0.39 is 0 Å². The van der Waals surface area contributed by atoms with Crippen LogP contribution in [-0.2, 0) is 6.42 Å². The highest BCUT2D eigenvalue weighted by atomic mass is 15.2. The monoisotopic (exact) mass is 358 g/mol. The summed E-state index contributed by atoms with van der Waals surface area (Å²) in [7, 11) is 0. The Balaban J connectivity index is 1.61. The molecule has 1 saturated heterocycles. The zero-order valence-corrected chi connectivity index (χ0v) is 15.4. The fraction of sp³-hybridized carbons (Fsp3) is 0.333. The number of rotatable bonds is 3. The first-order valence-electron chi connectivity index (χ1n) is 9.56. The van der Waals surface area contributed by atoms with Gasteiger partial charge in [0.15, 0.2) is 0 Å². The minimum absolute atomic E-state index is 0.733. The Hall–Kier alpha value is -3.02. The van der Waals surface area contributed by atoms with E-state index in [1.54, 1.807) is 6.33 Å². The molecule has 0 amide bonds. The lowest BCUT2D eigenvalue weighted by molar-refractivity contribution is 0.574. The van der Waals surface area contributed by atoms with Gasteiger partial charge < -0.3 is 4.90 Å². The number of H-pyrrole nitrogens is 1. The van der Waals surface area contributed by atoms with Crippen molar-refractivity contribution in [3.8, 4) is 0 Å². The average molecular weight is 358 g/mol. The van der Waals surface area contributed by atoms with Crippen molar-refractivity contribution in [2.45, 2.75) is 32.6 Å². The van der Waals surface area contributed by atoms with Gasteiger partial charge in [0.1, 0.15) is 12.1 Å². The maximum Gasteiger partial charge on any atom is 0.140 e. The van der Waals surface area contributed by atoms with Crippen molar-refractivity contribution in [1.82, 2.24) is 25.1 Å². The van der Waals surface area contributed by atoms with E-state index >= 15 is 0 Å². The number of pyridine rings is 1. The van der Waals surface area contributed by atoms with E-state index in [-0.39, 0.29) is 0 Å². The third-order valence-corrected chi connectivity index (χ3v) is 5.58. The summed E-state index contributed by atoms with van der Waals surface area (Å²) in [4.78, 5) is 16.3. The van der Waals surface area contributed by atoms with Crippen molar-refractivity contribution in [3.05, 3.63) is 53.7 Å². The van der Waals surface area contributed by atoms with Crippen molar-refractivity contribution in [2.24, 2.45) is 0 Å². The molecule has 1 fully saturated rings. The van der Waals surface area contributed by atoms with Crippen LogP contribution in [0.2, 0.25) is 0 Å². The zero-order valence-electron chi connectivity index (χ0n) is 15.4. The van der Waals surface area contributed by atoms with E-state index in [1.165, 1.54) is 30.4 Å². The molecule has 3 aromatic heterocycles. The van der Waals surface area contributed by atoms with Gasteiger partial charge in [0.25, 0.3) is 0 Å². The van der Waals surface area contributed by atoms with E-state index in [2.05, 4.69) is 49.1 Å². The molecule has 0 spiro atoms. The van der Waals surface area contributed by atoms with Gasteiger partial charge >= 0.3 is 0 Å². The number of aryl methyl sites for hydroxylation is 1. The van der Waals surface area contributed by atoms with Crippen LogP contribution < -0.4 is 4.90 Å². The maximum atomic E-state index is 4.68. The number of nitrogens with one attached hydrogen (secondary N) is 1. The first-order chi connectivity index (χ1) is 13.3. The highest BCUT2D eigenvalue weighted by Gasteiger charge is 2.18. The van der Waals surface area contributed by atoms with Gasteiger partial charge in [0, 0.05) is 36.5 Å². The van der Waals surface area contributed by atoms with Crippen LogP contribution in [0.4, 0.5) is 5.82 Å². The molecule has 4 aromatic rings. The number of aromatic amines is 1. The molecular formula is C21H22N6. The summed E-state index contributed by atoms with van der Waals surface area (Å²) >= 11 is 0. The van der Waals surface area contributed by atoms with Crippen molar-refractivity contribution >= 4 is 27.6 Å². The quantitative estimate of drug-likeness (QED) is 0.603. The van der Waals surface area contributed by atoms with Gasteiger partial charge in [-0.3, -0.25) is 10.1 Å². The molecule has 0 bridgehead atoms. The molecular weight excluding hydrogens is 336 g/mol. The number of nitrogens with zero attached hydrogens (tertiary/aromatic N) is 5. The first-order valence-corrected chi connectivity index (χ1v) is 9.56. The minimum Gasteiger partial charge on any atom is -0.356 e. The lowest BCUT2D eigenvalue weighted by atomic mass is 9.98. The Morgan fingerprint density at radius 3 is 2.78 bits per heavy atom. The second-order valence-corrected chi connectivity index (χ2v) is 7.27. The largest absolute Gasteiger partial charge is 0.356 e. The molecule has 6 heteroatoms. The van der Waals surface area contributed by atoms with E-state index in [0.717, 1.165) is 52.8 Å². The summed E-state index contributed by atoms with van der Waals surface area (Å²) in [5.41, 5.74) is 5.49. The van der Waals surface area contributed by atoms with Gasteiger partial charge in [-0.15, -0.1) is 0 Å². The van der Waals surface area contributed by atoms with Crippen LogP contribution in [0.25, 0.3) is 21.8 Å². The second-order valence-electron chi connectivity index (χ2n) is 7.27. The van der Waals surface area contributed by atoms with Crippen LogP contribution in [0.5, 0.6) is 0 Å². The van der Waals surface area contributed by atoms with Gasteiger partial charge in [-0.25, -0.2) is 9.97 Å². The SMILES string of the molecule is Cc1ccc2[nH]ncc2c1Cc1nccc2c(N3CCCCC3)ncnc12. The van der Waals surface area contributed by atoms with E-state index in [9.17, 15) is 0 Å². The van der Waals surface area contributed by atoms with Crippen LogP contribution in [0, 0.1) is 6.92 Å². The number of piperidine rings is 1. The Kier molecular flexibility index (Phi) is 3.96. The summed E-state index contributed by atoms with van der Waals surface area (Å²) in [5.74, 6) is 1.04. The van der Waals surface area contributed by atoms with E-state index in [0.29, 0.717) is 0 Å². The molecule has 0 radical (unpaired) electrons. The Bertz CT molecular complexity index is 1110. The lowest BCUT2D eigenvalue weighted by Gasteiger charge is -2.28. The number of benzene rings is 1. The fourth-order valence-electron chi connectivity index (χ4n) is 4.11. The van der Waals surface area contributed by atoms with E-state index in [4.69, 9.17) is 0 Å². The summed E-state index contributed by atoms with van der Waals surface area (Å²) in [6, 6.07) is 6.26. The summed E-state index contributed by atoms with van der Waals surface area (Å²) in [6.45, 7) is 4.27. The molecule has 1 aliphatic rings. The molecule has 0 unspecified atom stereocenters. The molecule has 1 aromatic carbocycles. The van der Waals surface area contributed by atoms with Crippen LogP contribution in [0.15, 0.2) is 36.9 Å². The van der Waals surface area contributed by atoms with Crippen molar-refractivity contribution < 1.29 is 0 Å². The molecule has 0 aliphatic carbocycles. The van der Waals surface area contributed by atoms with Crippen LogP contribution in [-0.4, -0.2) is 38.2 Å². The van der Waals surface area contributed by atoms with Crippen LogP contribution >= 0.6 is 0 Å². The Labute approximate surface area is 157 Å². The first kappa shape index (κ1) is 16.2. The highest BCUT2D eigenvalue weighted by molar-refractivity contribution is 5.91. The highest BCUT2D eigenvalue weighted by Crippen LogP contribution is 2.29. The maximum absolute atomic E-state index is 4.68. The van der Waals surface area contributed by atoms with Crippen molar-refractivity contribution in [1.29, 1.82) is 0 Å². The van der Waals surface area contributed by atoms with Gasteiger partial charge in [-0.1, -0.05) is 6.07 Å². The second kappa shape index (κ2) is 6.61. The molecule has 4 heterocycles. The fourth-order valence-corrected chi connectivity index (χ4v) is 4.11. The molecule has 6 nitrogen and oxygen atoms in total. The number of hydrogen-bond donors (Lipinski definition) is 1. The van der Waals surface area contributed by atoms with Gasteiger partial charge in [-0.2, -0.15) is 5.10 Å². The predicted molar refractivity (Wildman–Crippen MR) is 107 cm³/mol. The normalized spacial score (nSPS) is 14.9.